The maximum absolute atomic E-state index is 13.0. The number of hydrogen-bond donors (Lipinski definition) is 1. The molecule has 0 heterocycles. The Bertz CT molecular complexity index is 774. The van der Waals surface area contributed by atoms with Crippen molar-refractivity contribution < 1.29 is 9.59 Å². The van der Waals surface area contributed by atoms with Crippen LogP contribution < -0.4 is 5.32 Å². The fourth-order valence-electron chi connectivity index (χ4n) is 2.96. The number of hydrogen-bond acceptors (Lipinski definition) is 3. The maximum Gasteiger partial charge on any atom is 0.242 e. The van der Waals surface area contributed by atoms with Gasteiger partial charge in [0.1, 0.15) is 6.04 Å². The molecule has 2 aromatic rings. The molecule has 0 saturated carbocycles. The first-order chi connectivity index (χ1) is 12.9. The molecule has 0 aliphatic carbocycles. The van der Waals surface area contributed by atoms with E-state index in [1.165, 1.54) is 17.3 Å². The second kappa shape index (κ2) is 10.2. The molecule has 1 atom stereocenters. The summed E-state index contributed by atoms with van der Waals surface area (Å²) in [6.45, 7) is 6.43. The van der Waals surface area contributed by atoms with E-state index in [1.54, 1.807) is 11.9 Å². The summed E-state index contributed by atoms with van der Waals surface area (Å²) in [5.74, 6) is 0.152. The van der Waals surface area contributed by atoms with E-state index >= 15 is 0 Å². The number of benzene rings is 2. The summed E-state index contributed by atoms with van der Waals surface area (Å²) in [6, 6.07) is 15.7. The fourth-order valence-corrected chi connectivity index (χ4v) is 3.74. The average molecular weight is 385 g/mol. The molecule has 0 bridgehead atoms. The summed E-state index contributed by atoms with van der Waals surface area (Å²) < 4.78 is 0. The Labute approximate surface area is 166 Å². The van der Waals surface area contributed by atoms with Crippen LogP contribution in [-0.2, 0) is 16.1 Å². The topological polar surface area (TPSA) is 49.4 Å². The molecule has 0 fully saturated rings. The van der Waals surface area contributed by atoms with Crippen molar-refractivity contribution in [3.05, 3.63) is 65.2 Å². The van der Waals surface area contributed by atoms with E-state index in [0.29, 0.717) is 18.7 Å². The summed E-state index contributed by atoms with van der Waals surface area (Å²) in [5.41, 5.74) is 3.37. The van der Waals surface area contributed by atoms with Gasteiger partial charge in [-0.2, -0.15) is 0 Å². The number of thioether (sulfide) groups is 1. The van der Waals surface area contributed by atoms with E-state index in [2.05, 4.69) is 11.4 Å². The lowest BCUT2D eigenvalue weighted by atomic mass is 10.1. The second-order valence-electron chi connectivity index (χ2n) is 6.65. The first kappa shape index (κ1) is 21.0. The van der Waals surface area contributed by atoms with Gasteiger partial charge in [0.2, 0.25) is 11.8 Å². The molecule has 1 N–H and O–H groups in total. The number of carbonyl (C=O) groups excluding carboxylic acids is 2. The van der Waals surface area contributed by atoms with Gasteiger partial charge in [0.15, 0.2) is 0 Å². The largest absolute Gasteiger partial charge is 0.357 e. The van der Waals surface area contributed by atoms with Gasteiger partial charge < -0.3 is 10.2 Å². The van der Waals surface area contributed by atoms with E-state index in [9.17, 15) is 9.59 Å². The van der Waals surface area contributed by atoms with E-state index in [-0.39, 0.29) is 11.8 Å². The van der Waals surface area contributed by atoms with E-state index < -0.39 is 6.04 Å². The third kappa shape index (κ3) is 6.14. The van der Waals surface area contributed by atoms with Crippen molar-refractivity contribution in [2.75, 3.05) is 12.8 Å². The molecule has 2 rings (SSSR count). The lowest BCUT2D eigenvalue weighted by molar-refractivity contribution is -0.139. The summed E-state index contributed by atoms with van der Waals surface area (Å²) in [4.78, 5) is 28.1. The average Bonchev–Trinajstić information content (AvgIpc) is 2.67. The first-order valence-corrected chi connectivity index (χ1v) is 10.2. The Hall–Kier alpha value is -2.27. The van der Waals surface area contributed by atoms with Gasteiger partial charge in [-0.15, -0.1) is 11.8 Å². The lowest BCUT2D eigenvalue weighted by Crippen LogP contribution is -2.48. The predicted octanol–water partition coefficient (Wildman–Crippen LogP) is 3.95. The maximum atomic E-state index is 13.0. The van der Waals surface area contributed by atoms with Crippen molar-refractivity contribution in [2.24, 2.45) is 0 Å². The summed E-state index contributed by atoms with van der Waals surface area (Å²) in [7, 11) is 1.61. The Morgan fingerprint density at radius 2 is 1.78 bits per heavy atom. The molecule has 5 heteroatoms. The van der Waals surface area contributed by atoms with E-state index in [1.807, 2.05) is 63.2 Å². The van der Waals surface area contributed by atoms with Crippen LogP contribution in [0.25, 0.3) is 0 Å². The molecule has 0 aliphatic rings. The Morgan fingerprint density at radius 1 is 1.07 bits per heavy atom. The summed E-state index contributed by atoms with van der Waals surface area (Å²) in [6.07, 6.45) is 0.576. The van der Waals surface area contributed by atoms with Crippen LogP contribution in [0.1, 0.15) is 30.0 Å². The Kier molecular flexibility index (Phi) is 7.92. The zero-order valence-corrected chi connectivity index (χ0v) is 17.3. The van der Waals surface area contributed by atoms with Crippen LogP contribution in [0.2, 0.25) is 0 Å². The molecule has 0 saturated heterocycles. The van der Waals surface area contributed by atoms with Crippen LogP contribution in [0.15, 0.2) is 53.4 Å². The minimum atomic E-state index is -0.471. The van der Waals surface area contributed by atoms with Crippen LogP contribution in [0.4, 0.5) is 0 Å². The van der Waals surface area contributed by atoms with Gasteiger partial charge in [0.25, 0.3) is 0 Å². The van der Waals surface area contributed by atoms with Gasteiger partial charge >= 0.3 is 0 Å². The van der Waals surface area contributed by atoms with Gasteiger partial charge in [-0.25, -0.2) is 0 Å². The van der Waals surface area contributed by atoms with Crippen LogP contribution in [-0.4, -0.2) is 35.6 Å². The molecule has 0 radical (unpaired) electrons. The number of likely N-dealkylation sites (N-methyl/N-ethyl adjacent to an activating group) is 1. The minimum absolute atomic E-state index is 0.0301. The molecular formula is C22H28N2O2S. The van der Waals surface area contributed by atoms with Gasteiger partial charge in [0, 0.05) is 18.5 Å². The first-order valence-electron chi connectivity index (χ1n) is 9.20. The summed E-state index contributed by atoms with van der Waals surface area (Å²) in [5, 5.41) is 2.69. The third-order valence-corrected chi connectivity index (χ3v) is 5.45. The van der Waals surface area contributed by atoms with Crippen LogP contribution in [0.3, 0.4) is 0 Å². The Balaban J connectivity index is 2.17. The molecule has 0 aliphatic heterocycles. The molecule has 144 valence electrons. The molecule has 1 unspecified atom stereocenters. The number of nitrogens with one attached hydrogen (secondary N) is 1. The molecule has 0 aromatic heterocycles. The minimum Gasteiger partial charge on any atom is -0.357 e. The molecule has 2 amide bonds. The molecule has 0 spiro atoms. The highest BCUT2D eigenvalue weighted by molar-refractivity contribution is 8.00. The SMILES string of the molecule is CCC(C(=O)NC)N(Cc1cccc(C)c1)C(=O)CSc1ccc(C)cc1. The van der Waals surface area contributed by atoms with Gasteiger partial charge in [-0.3, -0.25) is 9.59 Å². The number of amides is 2. The molecule has 2 aromatic carbocycles. The van der Waals surface area contributed by atoms with Crippen LogP contribution in [0.5, 0.6) is 0 Å². The van der Waals surface area contributed by atoms with Crippen molar-refractivity contribution in [3.8, 4) is 0 Å². The lowest BCUT2D eigenvalue weighted by Gasteiger charge is -2.30. The van der Waals surface area contributed by atoms with Gasteiger partial charge in [-0.05, 0) is 38.0 Å². The monoisotopic (exact) mass is 384 g/mol. The highest BCUT2D eigenvalue weighted by atomic mass is 32.2. The standard InChI is InChI=1S/C22H28N2O2S/c1-5-20(22(26)23-4)24(14-18-8-6-7-17(3)13-18)21(25)15-27-19-11-9-16(2)10-12-19/h6-13,20H,5,14-15H2,1-4H3,(H,23,26). The van der Waals surface area contributed by atoms with E-state index in [4.69, 9.17) is 0 Å². The highest BCUT2D eigenvalue weighted by Crippen LogP contribution is 2.21. The molecular weight excluding hydrogens is 356 g/mol. The van der Waals surface area contributed by atoms with Crippen molar-refractivity contribution in [1.82, 2.24) is 10.2 Å². The third-order valence-electron chi connectivity index (χ3n) is 4.45. The normalized spacial score (nSPS) is 11.7. The van der Waals surface area contributed by atoms with Crippen molar-refractivity contribution >= 4 is 23.6 Å². The van der Waals surface area contributed by atoms with Crippen molar-refractivity contribution in [2.45, 2.75) is 44.7 Å². The Morgan fingerprint density at radius 3 is 2.37 bits per heavy atom. The fraction of sp³-hybridized carbons (Fsp3) is 0.364. The number of rotatable bonds is 8. The van der Waals surface area contributed by atoms with Crippen molar-refractivity contribution in [1.29, 1.82) is 0 Å². The predicted molar refractivity (Wildman–Crippen MR) is 112 cm³/mol. The van der Waals surface area contributed by atoms with Crippen LogP contribution >= 0.6 is 11.8 Å². The number of nitrogens with zero attached hydrogens (tertiary/aromatic N) is 1. The van der Waals surface area contributed by atoms with Gasteiger partial charge in [0.05, 0.1) is 5.75 Å². The second-order valence-corrected chi connectivity index (χ2v) is 7.70. The molecule has 4 nitrogen and oxygen atoms in total. The number of aryl methyl sites for hydroxylation is 2. The quantitative estimate of drug-likeness (QED) is 0.701. The highest BCUT2D eigenvalue weighted by Gasteiger charge is 2.27. The molecule has 27 heavy (non-hydrogen) atoms. The summed E-state index contributed by atoms with van der Waals surface area (Å²) >= 11 is 1.50. The zero-order chi connectivity index (χ0) is 19.8. The number of carbonyl (C=O) groups is 2. The zero-order valence-electron chi connectivity index (χ0n) is 16.5. The van der Waals surface area contributed by atoms with Crippen LogP contribution in [0, 0.1) is 13.8 Å². The van der Waals surface area contributed by atoms with Gasteiger partial charge in [-0.1, -0.05) is 54.4 Å². The smallest absolute Gasteiger partial charge is 0.242 e. The van der Waals surface area contributed by atoms with E-state index in [0.717, 1.165) is 16.0 Å². The van der Waals surface area contributed by atoms with Crippen molar-refractivity contribution in [3.63, 3.8) is 0 Å².